The van der Waals surface area contributed by atoms with E-state index in [1.165, 1.54) is 6.42 Å². The van der Waals surface area contributed by atoms with Crippen LogP contribution in [0.1, 0.15) is 32.1 Å². The first-order valence-electron chi connectivity index (χ1n) is 7.58. The number of carbonyl (C=O) groups excluding carboxylic acids is 2. The number of amides is 2. The molecular weight excluding hydrogens is 268 g/mol. The Hall–Kier alpha value is -2.04. The van der Waals surface area contributed by atoms with E-state index in [1.54, 1.807) is 6.07 Å². The van der Waals surface area contributed by atoms with Crippen molar-refractivity contribution >= 4 is 17.5 Å². The molecule has 1 aliphatic carbocycles. The normalized spacial score (nSPS) is 21.9. The number of ether oxygens (including phenoxy) is 1. The molecule has 5 heteroatoms. The minimum atomic E-state index is -0.660. The smallest absolute Gasteiger partial charge is 0.267 e. The zero-order valence-electron chi connectivity index (χ0n) is 11.9. The van der Waals surface area contributed by atoms with Gasteiger partial charge in [-0.2, -0.15) is 0 Å². The molecule has 1 saturated carbocycles. The lowest BCUT2D eigenvalue weighted by Crippen LogP contribution is -2.46. The van der Waals surface area contributed by atoms with Gasteiger partial charge >= 0.3 is 0 Å². The van der Waals surface area contributed by atoms with Gasteiger partial charge in [-0.15, -0.1) is 0 Å². The van der Waals surface area contributed by atoms with Gasteiger partial charge in [-0.3, -0.25) is 9.59 Å². The van der Waals surface area contributed by atoms with Crippen LogP contribution in [0.25, 0.3) is 0 Å². The Bertz CT molecular complexity index is 538. The Balaban J connectivity index is 1.56. The third-order valence-corrected chi connectivity index (χ3v) is 4.14. The summed E-state index contributed by atoms with van der Waals surface area (Å²) in [6.45, 7) is 0.218. The van der Waals surface area contributed by atoms with E-state index in [-0.39, 0.29) is 24.3 Å². The highest BCUT2D eigenvalue weighted by atomic mass is 16.5. The molecule has 1 aromatic carbocycles. The lowest BCUT2D eigenvalue weighted by atomic mass is 9.88. The van der Waals surface area contributed by atoms with E-state index >= 15 is 0 Å². The van der Waals surface area contributed by atoms with Crippen molar-refractivity contribution in [2.75, 3.05) is 11.9 Å². The highest BCUT2D eigenvalue weighted by molar-refractivity contribution is 5.98. The highest BCUT2D eigenvalue weighted by Crippen LogP contribution is 2.28. The van der Waals surface area contributed by atoms with Crippen LogP contribution in [0.3, 0.4) is 0 Å². The number of rotatable bonds is 3. The summed E-state index contributed by atoms with van der Waals surface area (Å²) < 4.78 is 5.66. The monoisotopic (exact) mass is 288 g/mol. The first-order valence-corrected chi connectivity index (χ1v) is 7.58. The van der Waals surface area contributed by atoms with Crippen LogP contribution in [-0.4, -0.2) is 24.5 Å². The molecule has 0 spiro atoms. The standard InChI is InChI=1S/C16H20N2O3/c19-15(11-6-2-1-3-7-11)17-10-14-16(20)18-12-8-4-5-9-13(12)21-14/h4-5,8-9,11,14H,1-3,6-7,10H2,(H,17,19)(H,18,20). The third kappa shape index (κ3) is 3.17. The van der Waals surface area contributed by atoms with Crippen molar-refractivity contribution in [3.63, 3.8) is 0 Å². The van der Waals surface area contributed by atoms with E-state index in [4.69, 9.17) is 4.74 Å². The summed E-state index contributed by atoms with van der Waals surface area (Å²) in [5.41, 5.74) is 0.678. The molecule has 112 valence electrons. The number of hydrogen-bond donors (Lipinski definition) is 2. The molecule has 3 rings (SSSR count). The number of para-hydroxylation sites is 2. The SMILES string of the molecule is O=C(NCC1Oc2ccccc2NC1=O)C1CCCCC1. The van der Waals surface area contributed by atoms with Crippen LogP contribution in [-0.2, 0) is 9.59 Å². The molecule has 1 fully saturated rings. The van der Waals surface area contributed by atoms with E-state index in [0.717, 1.165) is 25.7 Å². The van der Waals surface area contributed by atoms with E-state index in [2.05, 4.69) is 10.6 Å². The number of anilines is 1. The van der Waals surface area contributed by atoms with Crippen LogP contribution >= 0.6 is 0 Å². The van der Waals surface area contributed by atoms with Crippen molar-refractivity contribution < 1.29 is 14.3 Å². The zero-order chi connectivity index (χ0) is 14.7. The van der Waals surface area contributed by atoms with Crippen molar-refractivity contribution in [3.05, 3.63) is 24.3 Å². The Labute approximate surface area is 124 Å². The molecule has 0 saturated heterocycles. The first-order chi connectivity index (χ1) is 10.2. The minimum absolute atomic E-state index is 0.0463. The van der Waals surface area contributed by atoms with Gasteiger partial charge in [0.25, 0.3) is 5.91 Å². The van der Waals surface area contributed by atoms with Gasteiger partial charge in [-0.1, -0.05) is 31.4 Å². The van der Waals surface area contributed by atoms with Crippen molar-refractivity contribution in [3.8, 4) is 5.75 Å². The predicted molar refractivity (Wildman–Crippen MR) is 79.1 cm³/mol. The molecule has 1 heterocycles. The van der Waals surface area contributed by atoms with E-state index in [1.807, 2.05) is 18.2 Å². The molecule has 1 aliphatic heterocycles. The fraction of sp³-hybridized carbons (Fsp3) is 0.500. The maximum atomic E-state index is 12.1. The molecule has 1 aromatic rings. The highest BCUT2D eigenvalue weighted by Gasteiger charge is 2.29. The topological polar surface area (TPSA) is 67.4 Å². The average Bonchev–Trinajstić information content (AvgIpc) is 2.53. The average molecular weight is 288 g/mol. The van der Waals surface area contributed by atoms with Crippen LogP contribution in [0, 0.1) is 5.92 Å². The van der Waals surface area contributed by atoms with E-state index in [0.29, 0.717) is 11.4 Å². The predicted octanol–water partition coefficient (Wildman–Crippen LogP) is 2.08. The molecule has 21 heavy (non-hydrogen) atoms. The van der Waals surface area contributed by atoms with Gasteiger partial charge in [0.1, 0.15) is 5.75 Å². The van der Waals surface area contributed by atoms with Crippen molar-refractivity contribution in [2.24, 2.45) is 5.92 Å². The molecule has 0 radical (unpaired) electrons. The molecule has 0 aromatic heterocycles. The molecule has 2 amide bonds. The Morgan fingerprint density at radius 1 is 1.24 bits per heavy atom. The Morgan fingerprint density at radius 2 is 2.00 bits per heavy atom. The number of carbonyl (C=O) groups is 2. The molecule has 1 unspecified atom stereocenters. The van der Waals surface area contributed by atoms with Gasteiger partial charge in [0.05, 0.1) is 12.2 Å². The number of benzene rings is 1. The summed E-state index contributed by atoms with van der Waals surface area (Å²) in [7, 11) is 0. The summed E-state index contributed by atoms with van der Waals surface area (Å²) in [6.07, 6.45) is 4.69. The van der Waals surface area contributed by atoms with Crippen LogP contribution in [0.5, 0.6) is 5.75 Å². The molecule has 2 N–H and O–H groups in total. The number of hydrogen-bond acceptors (Lipinski definition) is 3. The number of nitrogens with one attached hydrogen (secondary N) is 2. The Kier molecular flexibility index (Phi) is 4.08. The van der Waals surface area contributed by atoms with Gasteiger partial charge in [-0.25, -0.2) is 0 Å². The summed E-state index contributed by atoms with van der Waals surface area (Å²) >= 11 is 0. The molecule has 1 atom stereocenters. The maximum absolute atomic E-state index is 12.1. The summed E-state index contributed by atoms with van der Waals surface area (Å²) in [4.78, 5) is 24.1. The lowest BCUT2D eigenvalue weighted by molar-refractivity contribution is -0.127. The molecule has 5 nitrogen and oxygen atoms in total. The van der Waals surface area contributed by atoms with Gasteiger partial charge in [0, 0.05) is 5.92 Å². The third-order valence-electron chi connectivity index (χ3n) is 4.14. The van der Waals surface area contributed by atoms with Crippen molar-refractivity contribution in [1.82, 2.24) is 5.32 Å². The zero-order valence-corrected chi connectivity index (χ0v) is 11.9. The van der Waals surface area contributed by atoms with Gasteiger partial charge in [0.15, 0.2) is 6.10 Å². The maximum Gasteiger partial charge on any atom is 0.267 e. The fourth-order valence-corrected chi connectivity index (χ4v) is 2.93. The Morgan fingerprint density at radius 3 is 2.81 bits per heavy atom. The second kappa shape index (κ2) is 6.16. The largest absolute Gasteiger partial charge is 0.477 e. The molecule has 2 aliphatic rings. The second-order valence-electron chi connectivity index (χ2n) is 5.67. The van der Waals surface area contributed by atoms with Crippen LogP contribution in [0.2, 0.25) is 0 Å². The van der Waals surface area contributed by atoms with Crippen molar-refractivity contribution in [1.29, 1.82) is 0 Å². The molecule has 0 bridgehead atoms. The minimum Gasteiger partial charge on any atom is -0.477 e. The fourth-order valence-electron chi connectivity index (χ4n) is 2.93. The summed E-state index contributed by atoms with van der Waals surface area (Å²) in [6, 6.07) is 7.30. The molecular formula is C16H20N2O3. The van der Waals surface area contributed by atoms with Crippen molar-refractivity contribution in [2.45, 2.75) is 38.2 Å². The van der Waals surface area contributed by atoms with Gasteiger partial charge in [-0.05, 0) is 25.0 Å². The summed E-state index contributed by atoms with van der Waals surface area (Å²) in [5.74, 6) is 0.578. The van der Waals surface area contributed by atoms with Crippen LogP contribution in [0.15, 0.2) is 24.3 Å². The first kappa shape index (κ1) is 13.9. The second-order valence-corrected chi connectivity index (χ2v) is 5.67. The number of fused-ring (bicyclic) bond motifs is 1. The van der Waals surface area contributed by atoms with Gasteiger partial charge < -0.3 is 15.4 Å². The van der Waals surface area contributed by atoms with Crippen LogP contribution in [0.4, 0.5) is 5.69 Å². The van der Waals surface area contributed by atoms with E-state index in [9.17, 15) is 9.59 Å². The van der Waals surface area contributed by atoms with E-state index < -0.39 is 6.10 Å². The van der Waals surface area contributed by atoms with Crippen LogP contribution < -0.4 is 15.4 Å². The van der Waals surface area contributed by atoms with Gasteiger partial charge in [0.2, 0.25) is 5.91 Å². The lowest BCUT2D eigenvalue weighted by Gasteiger charge is -2.27. The summed E-state index contributed by atoms with van der Waals surface area (Å²) in [5, 5.41) is 5.66. The quantitative estimate of drug-likeness (QED) is 0.895.